The Morgan fingerprint density at radius 3 is 2.77 bits per heavy atom. The van der Waals surface area contributed by atoms with Gasteiger partial charge < -0.3 is 14.7 Å². The Kier molecular flexibility index (Phi) is 5.79. The van der Waals surface area contributed by atoms with Crippen LogP contribution < -0.4 is 5.32 Å². The average Bonchev–Trinajstić information content (AvgIpc) is 3.41. The first-order valence-corrected chi connectivity index (χ1v) is 12.1. The molecule has 9 nitrogen and oxygen atoms in total. The number of carbonyl (C=O) groups is 1. The predicted octanol–water partition coefficient (Wildman–Crippen LogP) is 2.23. The van der Waals surface area contributed by atoms with Gasteiger partial charge in [0.2, 0.25) is 15.9 Å². The molecule has 1 aliphatic heterocycles. The van der Waals surface area contributed by atoms with Crippen LogP contribution in [0.1, 0.15) is 43.0 Å². The molecule has 0 bridgehead atoms. The van der Waals surface area contributed by atoms with Crippen molar-refractivity contribution >= 4 is 21.7 Å². The van der Waals surface area contributed by atoms with E-state index in [1.165, 1.54) is 10.6 Å². The van der Waals surface area contributed by atoms with Gasteiger partial charge in [0, 0.05) is 37.7 Å². The summed E-state index contributed by atoms with van der Waals surface area (Å²) in [6.45, 7) is 3.03. The van der Waals surface area contributed by atoms with Crippen LogP contribution in [-0.4, -0.2) is 65.7 Å². The number of sulfonamides is 1. The molecule has 0 unspecified atom stereocenters. The number of nitrogens with zero attached hydrogens (tertiary/aromatic N) is 4. The van der Waals surface area contributed by atoms with Crippen LogP contribution in [0.25, 0.3) is 0 Å². The maximum absolute atomic E-state index is 12.5. The lowest BCUT2D eigenvalue weighted by molar-refractivity contribution is 0.109. The van der Waals surface area contributed by atoms with Gasteiger partial charge in [-0.2, -0.15) is 9.29 Å². The zero-order valence-electron chi connectivity index (χ0n) is 17.2. The van der Waals surface area contributed by atoms with Crippen molar-refractivity contribution in [2.75, 3.05) is 31.2 Å². The van der Waals surface area contributed by atoms with Crippen LogP contribution in [0.2, 0.25) is 0 Å². The zero-order valence-corrected chi connectivity index (χ0v) is 18.1. The second-order valence-electron chi connectivity index (χ2n) is 7.99. The van der Waals surface area contributed by atoms with Gasteiger partial charge in [0.25, 0.3) is 0 Å². The Morgan fingerprint density at radius 1 is 1.33 bits per heavy atom. The van der Waals surface area contributed by atoms with Gasteiger partial charge in [-0.05, 0) is 37.0 Å². The van der Waals surface area contributed by atoms with Crippen molar-refractivity contribution in [1.82, 2.24) is 19.3 Å². The fraction of sp³-hybridized carbons (Fsp3) is 0.550. The van der Waals surface area contributed by atoms with E-state index in [-0.39, 0.29) is 18.6 Å². The highest BCUT2D eigenvalue weighted by Gasteiger charge is 2.39. The number of aryl methyl sites for hydroxylation is 1. The van der Waals surface area contributed by atoms with Gasteiger partial charge in [0.15, 0.2) is 5.82 Å². The number of amides is 2. The minimum Gasteiger partial charge on any atom is -0.339 e. The number of benzene rings is 1. The monoisotopic (exact) mass is 433 g/mol. The van der Waals surface area contributed by atoms with Gasteiger partial charge in [0.1, 0.15) is 0 Å². The topological polar surface area (TPSA) is 109 Å². The van der Waals surface area contributed by atoms with E-state index in [1.54, 1.807) is 4.90 Å². The van der Waals surface area contributed by atoms with Gasteiger partial charge >= 0.3 is 6.03 Å². The molecule has 0 spiro atoms. The Morgan fingerprint density at radius 2 is 2.10 bits per heavy atom. The number of hydrogen-bond acceptors (Lipinski definition) is 6. The lowest BCUT2D eigenvalue weighted by Crippen LogP contribution is -2.63. The van der Waals surface area contributed by atoms with Crippen molar-refractivity contribution in [3.63, 3.8) is 0 Å². The molecule has 2 heterocycles. The zero-order chi connectivity index (χ0) is 21.3. The molecule has 0 atom stereocenters. The van der Waals surface area contributed by atoms with Crippen LogP contribution in [0.3, 0.4) is 0 Å². The van der Waals surface area contributed by atoms with E-state index in [1.807, 2.05) is 24.3 Å². The van der Waals surface area contributed by atoms with Crippen molar-refractivity contribution in [2.45, 2.75) is 44.6 Å². The number of likely N-dealkylation sites (tertiary alicyclic amines) is 1. The van der Waals surface area contributed by atoms with Crippen molar-refractivity contribution in [1.29, 1.82) is 0 Å². The van der Waals surface area contributed by atoms with E-state index in [4.69, 9.17) is 4.52 Å². The molecule has 2 amide bonds. The molecule has 1 aromatic carbocycles. The van der Waals surface area contributed by atoms with Crippen LogP contribution >= 0.6 is 0 Å². The molecule has 4 rings (SSSR count). The molecule has 2 fully saturated rings. The minimum absolute atomic E-state index is 0.222. The summed E-state index contributed by atoms with van der Waals surface area (Å²) in [5.74, 6) is 1.54. The fourth-order valence-electron chi connectivity index (χ4n) is 3.57. The molecule has 1 aliphatic carbocycles. The highest BCUT2D eigenvalue weighted by molar-refractivity contribution is 7.88. The van der Waals surface area contributed by atoms with Crippen LogP contribution in [0.15, 0.2) is 28.8 Å². The van der Waals surface area contributed by atoms with Crippen molar-refractivity contribution in [3.05, 3.63) is 41.5 Å². The minimum atomic E-state index is -3.42. The number of urea groups is 1. The van der Waals surface area contributed by atoms with E-state index in [2.05, 4.69) is 22.4 Å². The van der Waals surface area contributed by atoms with Crippen LogP contribution in [0, 0.1) is 0 Å². The Balaban J connectivity index is 1.31. The summed E-state index contributed by atoms with van der Waals surface area (Å²) in [6, 6.07) is 7.24. The Hall–Kier alpha value is -2.46. The molecule has 162 valence electrons. The summed E-state index contributed by atoms with van der Waals surface area (Å²) in [7, 11) is -3.42. The molecule has 1 aromatic heterocycles. The lowest BCUT2D eigenvalue weighted by atomic mass is 10.1. The predicted molar refractivity (Wildman–Crippen MR) is 112 cm³/mol. The first kappa shape index (κ1) is 20.8. The molecular weight excluding hydrogens is 406 g/mol. The number of aromatic nitrogens is 2. The third-order valence-electron chi connectivity index (χ3n) is 5.54. The second-order valence-corrected chi connectivity index (χ2v) is 9.92. The summed E-state index contributed by atoms with van der Waals surface area (Å²) in [5, 5.41) is 6.84. The summed E-state index contributed by atoms with van der Waals surface area (Å²) < 4.78 is 31.3. The second kappa shape index (κ2) is 8.35. The number of carbonyl (C=O) groups excluding carboxylic acids is 1. The van der Waals surface area contributed by atoms with Crippen LogP contribution in [0.4, 0.5) is 10.5 Å². The Bertz CT molecular complexity index is 1010. The van der Waals surface area contributed by atoms with E-state index < -0.39 is 10.0 Å². The van der Waals surface area contributed by atoms with Crippen molar-refractivity contribution in [2.24, 2.45) is 0 Å². The molecule has 10 heteroatoms. The third-order valence-corrected chi connectivity index (χ3v) is 6.87. The number of hydrogen-bond donors (Lipinski definition) is 1. The maximum atomic E-state index is 12.5. The molecule has 30 heavy (non-hydrogen) atoms. The molecule has 1 saturated heterocycles. The van der Waals surface area contributed by atoms with Crippen LogP contribution in [-0.2, 0) is 22.9 Å². The number of nitrogens with one attached hydrogen (secondary N) is 1. The van der Waals surface area contributed by atoms with E-state index in [0.29, 0.717) is 37.1 Å². The molecular formula is C20H27N5O4S. The molecule has 2 aliphatic rings. The summed E-state index contributed by atoms with van der Waals surface area (Å²) >= 11 is 0. The maximum Gasteiger partial charge on any atom is 0.321 e. The smallest absolute Gasteiger partial charge is 0.321 e. The highest BCUT2D eigenvalue weighted by Crippen LogP contribution is 2.38. The van der Waals surface area contributed by atoms with Gasteiger partial charge in [-0.1, -0.05) is 24.2 Å². The van der Waals surface area contributed by atoms with Crippen molar-refractivity contribution < 1.29 is 17.7 Å². The molecule has 1 saturated carbocycles. The van der Waals surface area contributed by atoms with Gasteiger partial charge in [0.05, 0.1) is 12.3 Å². The first-order chi connectivity index (χ1) is 14.3. The van der Waals surface area contributed by atoms with Crippen LogP contribution in [0.5, 0.6) is 0 Å². The summed E-state index contributed by atoms with van der Waals surface area (Å²) in [5.41, 5.74) is 1.88. The van der Waals surface area contributed by atoms with Crippen molar-refractivity contribution in [3.8, 4) is 0 Å². The van der Waals surface area contributed by atoms with E-state index in [9.17, 15) is 13.2 Å². The fourth-order valence-corrected chi connectivity index (χ4v) is 4.67. The van der Waals surface area contributed by atoms with Gasteiger partial charge in [-0.3, -0.25) is 0 Å². The van der Waals surface area contributed by atoms with E-state index >= 15 is 0 Å². The van der Waals surface area contributed by atoms with Gasteiger partial charge in [-0.15, -0.1) is 0 Å². The third kappa shape index (κ3) is 4.81. The lowest BCUT2D eigenvalue weighted by Gasteiger charge is -2.44. The number of anilines is 1. The highest BCUT2D eigenvalue weighted by atomic mass is 32.2. The average molecular weight is 434 g/mol. The van der Waals surface area contributed by atoms with E-state index in [0.717, 1.165) is 30.5 Å². The molecule has 2 aromatic rings. The van der Waals surface area contributed by atoms with Gasteiger partial charge in [-0.25, -0.2) is 13.2 Å². The standard InChI is InChI=1S/C20H27N5O4S/c1-3-14-5-4-6-16(11-14)21-20(26)24-12-17(13-24)25(30(2,27)28)10-9-18-22-19(29-23-18)15-7-8-15/h4-6,11,15,17H,3,7-10,12-13H2,1-2H3,(H,21,26). The summed E-state index contributed by atoms with van der Waals surface area (Å²) in [4.78, 5) is 18.5. The SMILES string of the molecule is CCc1cccc(NC(=O)N2CC(N(CCc3noc(C4CC4)n3)S(C)(=O)=O)C2)c1. The largest absolute Gasteiger partial charge is 0.339 e. The first-order valence-electron chi connectivity index (χ1n) is 10.3. The molecule has 1 N–H and O–H groups in total. The Labute approximate surface area is 176 Å². The molecule has 0 radical (unpaired) electrons. The summed E-state index contributed by atoms with van der Waals surface area (Å²) in [6.07, 6.45) is 4.61. The quantitative estimate of drug-likeness (QED) is 0.684. The normalized spacial score (nSPS) is 17.2. The number of rotatable bonds is 8.